The van der Waals surface area contributed by atoms with Gasteiger partial charge in [0.05, 0.1) is 23.5 Å². The Hall–Kier alpha value is -3.00. The number of aliphatic hydroxyl groups excluding tert-OH is 1. The highest BCUT2D eigenvalue weighted by molar-refractivity contribution is 5.92. The molecule has 8 heteroatoms. The Balaban J connectivity index is 1.27. The third-order valence-electron chi connectivity index (χ3n) is 6.46. The van der Waals surface area contributed by atoms with Crippen molar-refractivity contribution >= 4 is 5.91 Å². The third kappa shape index (κ3) is 3.52. The summed E-state index contributed by atoms with van der Waals surface area (Å²) in [5.74, 6) is 0.812. The van der Waals surface area contributed by atoms with Crippen molar-refractivity contribution in [3.05, 3.63) is 65.6 Å². The van der Waals surface area contributed by atoms with Crippen LogP contribution in [0.3, 0.4) is 0 Å². The molecule has 1 saturated carbocycles. The highest BCUT2D eigenvalue weighted by Gasteiger charge is 2.44. The fourth-order valence-electron chi connectivity index (χ4n) is 4.87. The first-order valence-corrected chi connectivity index (χ1v) is 10.4. The lowest BCUT2D eigenvalue weighted by Crippen LogP contribution is -2.36. The average molecular weight is 407 g/mol. The predicted molar refractivity (Wildman–Crippen MR) is 108 cm³/mol. The van der Waals surface area contributed by atoms with Crippen LogP contribution in [0.25, 0.3) is 0 Å². The standard InChI is InChI=1S/C22H25N5O3/c1-14-21(30-13-23-14)22(29)26-10-16-8-19(20(28)9-17(16)11-26)27-12-18(24-25-27)7-15-5-3-2-4-6-15/h2-6,12-13,16-17,19-20,28H,7-11H2,1H3/t16-,17+,19-,20-/m1/s1. The van der Waals surface area contributed by atoms with E-state index in [0.29, 0.717) is 43.3 Å². The van der Waals surface area contributed by atoms with Crippen molar-refractivity contribution in [3.8, 4) is 0 Å². The van der Waals surface area contributed by atoms with Crippen LogP contribution in [-0.2, 0) is 6.42 Å². The Morgan fingerprint density at radius 3 is 2.70 bits per heavy atom. The summed E-state index contributed by atoms with van der Waals surface area (Å²) in [6, 6.07) is 10.0. The number of fused-ring (bicyclic) bond motifs is 1. The Labute approximate surface area is 174 Å². The van der Waals surface area contributed by atoms with Gasteiger partial charge in [0.15, 0.2) is 6.39 Å². The molecule has 2 aliphatic rings. The summed E-state index contributed by atoms with van der Waals surface area (Å²) in [6.07, 6.45) is 4.90. The van der Waals surface area contributed by atoms with Gasteiger partial charge in [0.1, 0.15) is 0 Å². The number of rotatable bonds is 4. The molecule has 0 spiro atoms. The molecule has 0 radical (unpaired) electrons. The van der Waals surface area contributed by atoms with Crippen molar-refractivity contribution in [2.75, 3.05) is 13.1 Å². The minimum absolute atomic E-state index is 0.114. The number of oxazole rings is 1. The number of amides is 1. The second-order valence-corrected chi connectivity index (χ2v) is 8.46. The summed E-state index contributed by atoms with van der Waals surface area (Å²) in [5.41, 5.74) is 2.68. The van der Waals surface area contributed by atoms with Crippen LogP contribution >= 0.6 is 0 Å². The molecule has 30 heavy (non-hydrogen) atoms. The van der Waals surface area contributed by atoms with Crippen LogP contribution in [0.5, 0.6) is 0 Å². The predicted octanol–water partition coefficient (Wildman–Crippen LogP) is 2.25. The van der Waals surface area contributed by atoms with Crippen molar-refractivity contribution < 1.29 is 14.3 Å². The lowest BCUT2D eigenvalue weighted by atomic mass is 9.77. The largest absolute Gasteiger partial charge is 0.438 e. The van der Waals surface area contributed by atoms with Gasteiger partial charge in [-0.2, -0.15) is 0 Å². The van der Waals surface area contributed by atoms with E-state index in [1.807, 2.05) is 34.0 Å². The topological polar surface area (TPSA) is 97.3 Å². The first kappa shape index (κ1) is 19.0. The van der Waals surface area contributed by atoms with Crippen LogP contribution in [0.1, 0.15) is 46.4 Å². The molecular formula is C22H25N5O3. The molecule has 8 nitrogen and oxygen atoms in total. The number of aryl methyl sites for hydroxylation is 1. The van der Waals surface area contributed by atoms with Crippen LogP contribution in [-0.4, -0.2) is 55.1 Å². The number of benzene rings is 1. The average Bonchev–Trinajstić information content (AvgIpc) is 3.47. The Bertz CT molecular complexity index is 1030. The summed E-state index contributed by atoms with van der Waals surface area (Å²) in [7, 11) is 0. The van der Waals surface area contributed by atoms with Gasteiger partial charge < -0.3 is 14.4 Å². The molecule has 0 unspecified atom stereocenters. The molecule has 1 saturated heterocycles. The second kappa shape index (κ2) is 7.68. The Morgan fingerprint density at radius 2 is 1.97 bits per heavy atom. The molecule has 1 amide bonds. The van der Waals surface area contributed by atoms with Crippen molar-refractivity contribution in [1.29, 1.82) is 0 Å². The number of hydrogen-bond donors (Lipinski definition) is 1. The van der Waals surface area contributed by atoms with E-state index in [1.165, 1.54) is 12.0 Å². The molecule has 4 atom stereocenters. The van der Waals surface area contributed by atoms with Crippen molar-refractivity contribution in [2.24, 2.45) is 11.8 Å². The van der Waals surface area contributed by atoms with Gasteiger partial charge in [-0.05, 0) is 37.2 Å². The first-order chi connectivity index (χ1) is 14.6. The van der Waals surface area contributed by atoms with Gasteiger partial charge in [-0.25, -0.2) is 9.67 Å². The molecule has 2 fully saturated rings. The number of carbonyl (C=O) groups is 1. The molecule has 2 aromatic heterocycles. The smallest absolute Gasteiger partial charge is 0.291 e. The van der Waals surface area contributed by atoms with Gasteiger partial charge in [0, 0.05) is 25.7 Å². The van der Waals surface area contributed by atoms with Gasteiger partial charge in [0.2, 0.25) is 5.76 Å². The number of hydrogen-bond acceptors (Lipinski definition) is 6. The van der Waals surface area contributed by atoms with E-state index < -0.39 is 6.10 Å². The third-order valence-corrected chi connectivity index (χ3v) is 6.46. The first-order valence-electron chi connectivity index (χ1n) is 10.4. The molecule has 1 aromatic carbocycles. The molecule has 1 aliphatic heterocycles. The minimum atomic E-state index is -0.500. The van der Waals surface area contributed by atoms with Gasteiger partial charge in [-0.1, -0.05) is 35.5 Å². The highest BCUT2D eigenvalue weighted by Crippen LogP contribution is 2.41. The van der Waals surface area contributed by atoms with E-state index >= 15 is 0 Å². The molecule has 0 bridgehead atoms. The zero-order valence-electron chi connectivity index (χ0n) is 16.9. The summed E-state index contributed by atoms with van der Waals surface area (Å²) in [4.78, 5) is 18.6. The van der Waals surface area contributed by atoms with Crippen LogP contribution < -0.4 is 0 Å². The van der Waals surface area contributed by atoms with Crippen LogP contribution in [0.15, 0.2) is 47.3 Å². The molecule has 1 aliphatic carbocycles. The van der Waals surface area contributed by atoms with E-state index in [1.54, 1.807) is 6.92 Å². The quantitative estimate of drug-likeness (QED) is 0.712. The van der Waals surface area contributed by atoms with E-state index in [0.717, 1.165) is 12.1 Å². The van der Waals surface area contributed by atoms with E-state index in [9.17, 15) is 9.90 Å². The van der Waals surface area contributed by atoms with Gasteiger partial charge in [0.25, 0.3) is 5.91 Å². The molecule has 1 N–H and O–H groups in total. The Morgan fingerprint density at radius 1 is 1.20 bits per heavy atom. The molecule has 3 heterocycles. The van der Waals surface area contributed by atoms with Gasteiger partial charge >= 0.3 is 0 Å². The maximum absolute atomic E-state index is 12.8. The van der Waals surface area contributed by atoms with Crippen LogP contribution in [0, 0.1) is 18.8 Å². The van der Waals surface area contributed by atoms with Gasteiger partial charge in [-0.3, -0.25) is 4.79 Å². The normalized spacial score (nSPS) is 26.0. The van der Waals surface area contributed by atoms with Crippen molar-refractivity contribution in [2.45, 2.75) is 38.3 Å². The molecule has 3 aromatic rings. The van der Waals surface area contributed by atoms with Crippen LogP contribution in [0.2, 0.25) is 0 Å². The number of likely N-dealkylation sites (tertiary alicyclic amines) is 1. The van der Waals surface area contributed by atoms with Crippen molar-refractivity contribution in [3.63, 3.8) is 0 Å². The molecule has 5 rings (SSSR count). The zero-order chi connectivity index (χ0) is 20.7. The summed E-state index contributed by atoms with van der Waals surface area (Å²) >= 11 is 0. The highest BCUT2D eigenvalue weighted by atomic mass is 16.3. The number of aromatic nitrogens is 4. The fourth-order valence-corrected chi connectivity index (χ4v) is 4.87. The van der Waals surface area contributed by atoms with Gasteiger partial charge in [-0.15, -0.1) is 5.10 Å². The van der Waals surface area contributed by atoms with E-state index in [4.69, 9.17) is 4.42 Å². The number of nitrogens with zero attached hydrogens (tertiary/aromatic N) is 5. The maximum atomic E-state index is 12.8. The van der Waals surface area contributed by atoms with Crippen LogP contribution in [0.4, 0.5) is 0 Å². The summed E-state index contributed by atoms with van der Waals surface area (Å²) in [5, 5.41) is 19.4. The molecular weight excluding hydrogens is 382 g/mol. The lowest BCUT2D eigenvalue weighted by Gasteiger charge is -2.34. The second-order valence-electron chi connectivity index (χ2n) is 8.46. The van der Waals surface area contributed by atoms with Crippen molar-refractivity contribution in [1.82, 2.24) is 24.9 Å². The SMILES string of the molecule is Cc1ncoc1C(=O)N1C[C@H]2C[C@@H](n3cc(Cc4ccccc4)nn3)[C@H](O)C[C@H]2C1. The maximum Gasteiger partial charge on any atom is 0.291 e. The zero-order valence-corrected chi connectivity index (χ0v) is 16.9. The summed E-state index contributed by atoms with van der Waals surface area (Å²) < 4.78 is 7.09. The number of carbonyl (C=O) groups excluding carboxylic acids is 1. The van der Waals surface area contributed by atoms with E-state index in [2.05, 4.69) is 27.4 Å². The monoisotopic (exact) mass is 407 g/mol. The number of aliphatic hydroxyl groups is 1. The summed E-state index contributed by atoms with van der Waals surface area (Å²) in [6.45, 7) is 3.08. The minimum Gasteiger partial charge on any atom is -0.438 e. The molecule has 156 valence electrons. The lowest BCUT2D eigenvalue weighted by molar-refractivity contribution is 0.0298. The fraction of sp³-hybridized carbons (Fsp3) is 0.455. The van der Waals surface area contributed by atoms with E-state index in [-0.39, 0.29) is 17.9 Å². The Kier molecular flexibility index (Phi) is 4.86.